The highest BCUT2D eigenvalue weighted by atomic mass is 16.2. The molecule has 2 heterocycles. The second kappa shape index (κ2) is 8.14. The minimum atomic E-state index is -0.538. The van der Waals surface area contributed by atoms with Gasteiger partial charge in [-0.2, -0.15) is 4.99 Å². The molecule has 2 atom stereocenters. The van der Waals surface area contributed by atoms with Crippen molar-refractivity contribution in [2.75, 3.05) is 13.1 Å². The Hall–Kier alpha value is -1.68. The van der Waals surface area contributed by atoms with Gasteiger partial charge in [-0.05, 0) is 65.9 Å². The van der Waals surface area contributed by atoms with Gasteiger partial charge in [0.05, 0.1) is 5.41 Å². The number of piperidine rings is 1. The van der Waals surface area contributed by atoms with E-state index in [4.69, 9.17) is 0 Å². The van der Waals surface area contributed by atoms with Gasteiger partial charge in [-0.1, -0.05) is 30.3 Å². The number of nitrogens with zero attached hydrogens (tertiary/aromatic N) is 3. The highest BCUT2D eigenvalue weighted by Gasteiger charge is 2.52. The fourth-order valence-electron chi connectivity index (χ4n) is 5.17. The van der Waals surface area contributed by atoms with Gasteiger partial charge >= 0.3 is 0 Å². The molecule has 0 radical (unpaired) electrons. The van der Waals surface area contributed by atoms with Crippen LogP contribution in [-0.4, -0.2) is 52.8 Å². The molecule has 1 aromatic carbocycles. The van der Waals surface area contributed by atoms with Crippen LogP contribution in [0.25, 0.3) is 0 Å². The molecule has 0 bridgehead atoms. The van der Waals surface area contributed by atoms with Crippen LogP contribution in [0, 0.1) is 0 Å². The van der Waals surface area contributed by atoms with Gasteiger partial charge in [-0.25, -0.2) is 0 Å². The van der Waals surface area contributed by atoms with Crippen molar-refractivity contribution in [3.63, 3.8) is 0 Å². The fourth-order valence-corrected chi connectivity index (χ4v) is 5.17. The molecule has 1 saturated heterocycles. The molecule has 3 rings (SSSR count). The van der Waals surface area contributed by atoms with Crippen molar-refractivity contribution in [2.24, 2.45) is 4.99 Å². The van der Waals surface area contributed by atoms with E-state index in [0.717, 1.165) is 37.3 Å². The Labute approximate surface area is 164 Å². The number of hydrogen-bond donors (Lipinski definition) is 0. The molecule has 1 unspecified atom stereocenters. The van der Waals surface area contributed by atoms with Crippen LogP contribution in [0.1, 0.15) is 65.9 Å². The minimum absolute atomic E-state index is 0.0572. The van der Waals surface area contributed by atoms with E-state index in [9.17, 15) is 4.79 Å². The Morgan fingerprint density at radius 1 is 1.15 bits per heavy atom. The largest absolute Gasteiger partial charge is 0.356 e. The van der Waals surface area contributed by atoms with Gasteiger partial charge in [-0.15, -0.1) is 0 Å². The van der Waals surface area contributed by atoms with E-state index >= 15 is 0 Å². The zero-order valence-electron chi connectivity index (χ0n) is 17.6. The number of carbonyl (C=O) groups excluding carboxylic acids is 1. The zero-order chi connectivity index (χ0) is 19.6. The first-order chi connectivity index (χ1) is 12.9. The first-order valence-corrected chi connectivity index (χ1v) is 10.6. The van der Waals surface area contributed by atoms with E-state index in [1.165, 1.54) is 12.8 Å². The van der Waals surface area contributed by atoms with E-state index in [-0.39, 0.29) is 11.9 Å². The van der Waals surface area contributed by atoms with Gasteiger partial charge < -0.3 is 4.90 Å². The number of hydrogen-bond acceptors (Lipinski definition) is 3. The second-order valence-electron chi connectivity index (χ2n) is 8.68. The maximum absolute atomic E-state index is 13.5. The summed E-state index contributed by atoms with van der Waals surface area (Å²) in [6, 6.07) is 11.6. The highest BCUT2D eigenvalue weighted by molar-refractivity contribution is 6.02. The van der Waals surface area contributed by atoms with Crippen LogP contribution in [0.3, 0.4) is 0 Å². The lowest BCUT2D eigenvalue weighted by Crippen LogP contribution is -2.62. The van der Waals surface area contributed by atoms with Crippen LogP contribution < -0.4 is 0 Å². The number of benzene rings is 1. The fraction of sp³-hybridized carbons (Fsp3) is 0.652. The molecule has 148 valence electrons. The van der Waals surface area contributed by atoms with E-state index < -0.39 is 5.41 Å². The third kappa shape index (κ3) is 3.69. The SMILES string of the molecule is CC1=NC(=O)[C@](CCN(C(C)C)C(C)C)(c2ccccc2)C2CCCCN12. The Morgan fingerprint density at radius 2 is 1.81 bits per heavy atom. The summed E-state index contributed by atoms with van der Waals surface area (Å²) in [5.74, 6) is 0.961. The highest BCUT2D eigenvalue weighted by Crippen LogP contribution is 2.43. The quantitative estimate of drug-likeness (QED) is 0.752. The van der Waals surface area contributed by atoms with Crippen molar-refractivity contribution in [3.05, 3.63) is 35.9 Å². The third-order valence-electron chi connectivity index (χ3n) is 6.51. The van der Waals surface area contributed by atoms with Crippen molar-refractivity contribution in [1.29, 1.82) is 0 Å². The standard InChI is InChI=1S/C23H35N3O/c1-17(2)25(18(3)4)16-14-23(20-11-7-6-8-12-20)21-13-9-10-15-26(21)19(5)24-22(23)27/h6-8,11-12,17-18,21H,9-10,13-16H2,1-5H3/t21?,23-/m1/s1. The summed E-state index contributed by atoms with van der Waals surface area (Å²) in [4.78, 5) is 23.0. The first kappa shape index (κ1) is 20.1. The third-order valence-corrected chi connectivity index (χ3v) is 6.51. The summed E-state index contributed by atoms with van der Waals surface area (Å²) in [5, 5.41) is 0. The van der Waals surface area contributed by atoms with Crippen LogP contribution in [0.5, 0.6) is 0 Å². The summed E-state index contributed by atoms with van der Waals surface area (Å²) in [6.45, 7) is 12.9. The smallest absolute Gasteiger partial charge is 0.260 e. The molecule has 2 aliphatic heterocycles. The average molecular weight is 370 g/mol. The first-order valence-electron chi connectivity index (χ1n) is 10.6. The van der Waals surface area contributed by atoms with Crippen molar-refractivity contribution < 1.29 is 4.79 Å². The summed E-state index contributed by atoms with van der Waals surface area (Å²) in [7, 11) is 0. The number of carbonyl (C=O) groups is 1. The summed E-state index contributed by atoms with van der Waals surface area (Å²) in [5.41, 5.74) is 0.596. The molecule has 0 saturated carbocycles. The maximum atomic E-state index is 13.5. The van der Waals surface area contributed by atoms with Crippen LogP contribution in [0.2, 0.25) is 0 Å². The lowest BCUT2D eigenvalue weighted by molar-refractivity contribution is -0.128. The van der Waals surface area contributed by atoms with E-state index in [2.05, 4.69) is 66.8 Å². The van der Waals surface area contributed by atoms with E-state index in [0.29, 0.717) is 12.1 Å². The molecular formula is C23H35N3O. The second-order valence-corrected chi connectivity index (χ2v) is 8.68. The minimum Gasteiger partial charge on any atom is -0.356 e. The molecule has 2 aliphatic rings. The number of rotatable bonds is 6. The molecular weight excluding hydrogens is 334 g/mol. The number of amidine groups is 1. The Bertz CT molecular complexity index is 674. The lowest BCUT2D eigenvalue weighted by Gasteiger charge is -2.51. The van der Waals surface area contributed by atoms with E-state index in [1.54, 1.807) is 0 Å². The molecule has 4 heteroatoms. The van der Waals surface area contributed by atoms with Gasteiger partial charge in [-0.3, -0.25) is 9.69 Å². The summed E-state index contributed by atoms with van der Waals surface area (Å²) in [6.07, 6.45) is 4.27. The van der Waals surface area contributed by atoms with Gasteiger partial charge in [0.1, 0.15) is 5.84 Å². The molecule has 1 fully saturated rings. The van der Waals surface area contributed by atoms with Gasteiger partial charge in [0, 0.05) is 31.2 Å². The molecule has 0 N–H and O–H groups in total. The number of aliphatic imine (C=N–C) groups is 1. The molecule has 27 heavy (non-hydrogen) atoms. The van der Waals surface area contributed by atoms with Crippen molar-refractivity contribution >= 4 is 11.7 Å². The predicted octanol–water partition coefficient (Wildman–Crippen LogP) is 4.25. The van der Waals surface area contributed by atoms with Crippen LogP contribution in [-0.2, 0) is 10.2 Å². The average Bonchev–Trinajstić information content (AvgIpc) is 2.64. The maximum Gasteiger partial charge on any atom is 0.260 e. The van der Waals surface area contributed by atoms with Crippen molar-refractivity contribution in [2.45, 2.75) is 83.8 Å². The predicted molar refractivity (Wildman–Crippen MR) is 112 cm³/mol. The van der Waals surface area contributed by atoms with Gasteiger partial charge in [0.15, 0.2) is 0 Å². The zero-order valence-corrected chi connectivity index (χ0v) is 17.6. The van der Waals surface area contributed by atoms with Crippen LogP contribution in [0.4, 0.5) is 0 Å². The Morgan fingerprint density at radius 3 is 2.44 bits per heavy atom. The Kier molecular flexibility index (Phi) is 6.05. The monoisotopic (exact) mass is 369 g/mol. The van der Waals surface area contributed by atoms with E-state index in [1.807, 2.05) is 13.0 Å². The lowest BCUT2D eigenvalue weighted by atomic mass is 9.66. The molecule has 1 aromatic rings. The van der Waals surface area contributed by atoms with Gasteiger partial charge in [0.2, 0.25) is 0 Å². The molecule has 0 aliphatic carbocycles. The van der Waals surface area contributed by atoms with Crippen LogP contribution >= 0.6 is 0 Å². The molecule has 4 nitrogen and oxygen atoms in total. The summed E-state index contributed by atoms with van der Waals surface area (Å²) < 4.78 is 0. The topological polar surface area (TPSA) is 35.9 Å². The normalized spacial score (nSPS) is 25.9. The molecule has 0 spiro atoms. The van der Waals surface area contributed by atoms with Crippen molar-refractivity contribution in [3.8, 4) is 0 Å². The van der Waals surface area contributed by atoms with Crippen molar-refractivity contribution in [1.82, 2.24) is 9.80 Å². The summed E-state index contributed by atoms with van der Waals surface area (Å²) >= 11 is 0. The number of amides is 1. The van der Waals surface area contributed by atoms with Gasteiger partial charge in [0.25, 0.3) is 5.91 Å². The molecule has 0 aromatic heterocycles. The number of fused-ring (bicyclic) bond motifs is 1. The Balaban J connectivity index is 2.04. The van der Waals surface area contributed by atoms with Crippen LogP contribution in [0.15, 0.2) is 35.3 Å². The molecule has 1 amide bonds.